The van der Waals surface area contributed by atoms with E-state index >= 15 is 0 Å². The Morgan fingerprint density at radius 1 is 0.971 bits per heavy atom. The van der Waals surface area contributed by atoms with Crippen LogP contribution in [-0.4, -0.2) is 30.0 Å². The summed E-state index contributed by atoms with van der Waals surface area (Å²) in [4.78, 5) is 28.0. The maximum Gasteiger partial charge on any atom is 0.300 e. The molecule has 4 rings (SSSR count). The zero-order valence-corrected chi connectivity index (χ0v) is 20.8. The SMILES string of the molecule is COc1ccccc1C1/C(=C(\O)c2ccc(Cl)c(Cl)c2)C(=O)C(=O)N1c1ccc(OC(C)C)cc1. The molecule has 1 unspecified atom stereocenters. The average molecular weight is 512 g/mol. The Morgan fingerprint density at radius 2 is 1.66 bits per heavy atom. The fourth-order valence-corrected chi connectivity index (χ4v) is 4.34. The highest BCUT2D eigenvalue weighted by Crippen LogP contribution is 2.45. The quantitative estimate of drug-likeness (QED) is 0.235. The normalized spacial score (nSPS) is 17.2. The number of rotatable bonds is 6. The Hall–Kier alpha value is -3.48. The van der Waals surface area contributed by atoms with Gasteiger partial charge in [-0.3, -0.25) is 14.5 Å². The van der Waals surface area contributed by atoms with Gasteiger partial charge in [-0.1, -0.05) is 41.4 Å². The van der Waals surface area contributed by atoms with Gasteiger partial charge in [0.15, 0.2) is 0 Å². The first-order chi connectivity index (χ1) is 16.7. The number of anilines is 1. The summed E-state index contributed by atoms with van der Waals surface area (Å²) in [6, 6.07) is 17.4. The number of nitrogens with zero attached hydrogens (tertiary/aromatic N) is 1. The van der Waals surface area contributed by atoms with E-state index in [0.717, 1.165) is 0 Å². The van der Waals surface area contributed by atoms with Crippen molar-refractivity contribution < 1.29 is 24.2 Å². The van der Waals surface area contributed by atoms with Gasteiger partial charge in [0.25, 0.3) is 11.7 Å². The number of ether oxygens (including phenoxy) is 2. The molecular weight excluding hydrogens is 489 g/mol. The molecule has 1 aliphatic heterocycles. The third-order valence-electron chi connectivity index (χ3n) is 5.56. The van der Waals surface area contributed by atoms with Crippen LogP contribution in [0.1, 0.15) is 31.0 Å². The lowest BCUT2D eigenvalue weighted by Gasteiger charge is -2.27. The van der Waals surface area contributed by atoms with Gasteiger partial charge < -0.3 is 14.6 Å². The van der Waals surface area contributed by atoms with Crippen LogP contribution >= 0.6 is 23.2 Å². The second kappa shape index (κ2) is 10.0. The standard InChI is InChI=1S/C27H23Cl2NO5/c1-15(2)35-18-11-9-17(10-12-18)30-24(19-6-4-5-7-22(19)34-3)23(26(32)27(30)33)25(31)16-8-13-20(28)21(29)14-16/h4-15,24,31H,1-3H3/b25-23+. The molecule has 1 amide bonds. The van der Waals surface area contributed by atoms with Gasteiger partial charge in [-0.15, -0.1) is 0 Å². The maximum atomic E-state index is 13.3. The van der Waals surface area contributed by atoms with E-state index in [2.05, 4.69) is 0 Å². The summed E-state index contributed by atoms with van der Waals surface area (Å²) in [7, 11) is 1.50. The topological polar surface area (TPSA) is 76.1 Å². The highest BCUT2D eigenvalue weighted by atomic mass is 35.5. The maximum absolute atomic E-state index is 13.3. The van der Waals surface area contributed by atoms with E-state index < -0.39 is 17.7 Å². The van der Waals surface area contributed by atoms with E-state index in [0.29, 0.717) is 27.8 Å². The number of benzene rings is 3. The molecule has 1 N–H and O–H groups in total. The predicted molar refractivity (Wildman–Crippen MR) is 136 cm³/mol. The molecule has 3 aromatic rings. The minimum absolute atomic E-state index is 0.0187. The van der Waals surface area contributed by atoms with Crippen molar-refractivity contribution in [2.24, 2.45) is 0 Å². The van der Waals surface area contributed by atoms with Crippen molar-refractivity contribution in [1.82, 2.24) is 0 Å². The van der Waals surface area contributed by atoms with Gasteiger partial charge in [-0.25, -0.2) is 0 Å². The van der Waals surface area contributed by atoms with Crippen LogP contribution in [0.5, 0.6) is 11.5 Å². The first kappa shape index (κ1) is 24.6. The first-order valence-corrected chi connectivity index (χ1v) is 11.6. The van der Waals surface area contributed by atoms with Crippen molar-refractivity contribution in [1.29, 1.82) is 0 Å². The Labute approximate surface area is 213 Å². The third kappa shape index (κ3) is 4.72. The molecule has 6 nitrogen and oxygen atoms in total. The second-order valence-electron chi connectivity index (χ2n) is 8.20. The molecular formula is C27H23Cl2NO5. The minimum Gasteiger partial charge on any atom is -0.507 e. The number of ketones is 1. The van der Waals surface area contributed by atoms with E-state index in [4.69, 9.17) is 32.7 Å². The van der Waals surface area contributed by atoms with Crippen molar-refractivity contribution in [2.75, 3.05) is 12.0 Å². The second-order valence-corrected chi connectivity index (χ2v) is 9.01. The summed E-state index contributed by atoms with van der Waals surface area (Å²) in [6.07, 6.45) is -0.0187. The molecule has 1 fully saturated rings. The number of aliphatic hydroxyl groups is 1. The molecule has 0 radical (unpaired) electrons. The number of Topliss-reactive ketones (excluding diaryl/α,β-unsaturated/α-hetero) is 1. The lowest BCUT2D eigenvalue weighted by atomic mass is 9.94. The molecule has 35 heavy (non-hydrogen) atoms. The Kier molecular flexibility index (Phi) is 7.05. The molecule has 1 aliphatic rings. The van der Waals surface area contributed by atoms with Crippen LogP contribution in [-0.2, 0) is 9.59 Å². The van der Waals surface area contributed by atoms with Crippen LogP contribution in [0.2, 0.25) is 10.0 Å². The minimum atomic E-state index is -0.947. The van der Waals surface area contributed by atoms with Gasteiger partial charge in [0.2, 0.25) is 0 Å². The molecule has 8 heteroatoms. The highest BCUT2D eigenvalue weighted by Gasteiger charge is 2.48. The van der Waals surface area contributed by atoms with E-state index in [1.807, 2.05) is 13.8 Å². The van der Waals surface area contributed by atoms with E-state index in [1.54, 1.807) is 48.5 Å². The van der Waals surface area contributed by atoms with Gasteiger partial charge in [0, 0.05) is 16.8 Å². The molecule has 0 saturated carbocycles. The molecule has 1 atom stereocenters. The van der Waals surface area contributed by atoms with Gasteiger partial charge in [-0.05, 0) is 62.4 Å². The average Bonchev–Trinajstić information content (AvgIpc) is 3.10. The molecule has 0 aromatic heterocycles. The Morgan fingerprint density at radius 3 is 2.29 bits per heavy atom. The molecule has 1 heterocycles. The van der Waals surface area contributed by atoms with Gasteiger partial charge in [0.05, 0.1) is 34.9 Å². The van der Waals surface area contributed by atoms with Crippen molar-refractivity contribution in [3.63, 3.8) is 0 Å². The lowest BCUT2D eigenvalue weighted by Crippen LogP contribution is -2.29. The van der Waals surface area contributed by atoms with E-state index in [-0.39, 0.29) is 28.0 Å². The summed E-state index contributed by atoms with van der Waals surface area (Å²) < 4.78 is 11.2. The van der Waals surface area contributed by atoms with Crippen molar-refractivity contribution in [3.8, 4) is 11.5 Å². The predicted octanol–water partition coefficient (Wildman–Crippen LogP) is 6.42. The largest absolute Gasteiger partial charge is 0.507 e. The van der Waals surface area contributed by atoms with Crippen molar-refractivity contribution in [2.45, 2.75) is 26.0 Å². The summed E-state index contributed by atoms with van der Waals surface area (Å²) >= 11 is 12.2. The fourth-order valence-electron chi connectivity index (χ4n) is 4.04. The smallest absolute Gasteiger partial charge is 0.300 e. The monoisotopic (exact) mass is 511 g/mol. The summed E-state index contributed by atoms with van der Waals surface area (Å²) in [5.74, 6) is -0.874. The number of amides is 1. The lowest BCUT2D eigenvalue weighted by molar-refractivity contribution is -0.132. The zero-order valence-electron chi connectivity index (χ0n) is 19.3. The fraction of sp³-hybridized carbons (Fsp3) is 0.185. The van der Waals surface area contributed by atoms with Gasteiger partial charge in [0.1, 0.15) is 17.3 Å². The van der Waals surface area contributed by atoms with Crippen molar-refractivity contribution in [3.05, 3.63) is 93.5 Å². The Balaban J connectivity index is 1.92. The molecule has 0 bridgehead atoms. The molecule has 0 aliphatic carbocycles. The molecule has 0 spiro atoms. The van der Waals surface area contributed by atoms with Crippen molar-refractivity contribution >= 4 is 46.3 Å². The zero-order chi connectivity index (χ0) is 25.3. The van der Waals surface area contributed by atoms with Crippen LogP contribution in [0, 0.1) is 0 Å². The number of carbonyl (C=O) groups excluding carboxylic acids is 2. The molecule has 3 aromatic carbocycles. The Bertz CT molecular complexity index is 1320. The van der Waals surface area contributed by atoms with Crippen LogP contribution in [0.25, 0.3) is 5.76 Å². The third-order valence-corrected chi connectivity index (χ3v) is 6.30. The van der Waals surface area contributed by atoms with E-state index in [9.17, 15) is 14.7 Å². The van der Waals surface area contributed by atoms with Crippen LogP contribution in [0.3, 0.4) is 0 Å². The van der Waals surface area contributed by atoms with Crippen LogP contribution in [0.15, 0.2) is 72.3 Å². The summed E-state index contributed by atoms with van der Waals surface area (Å²) in [5.41, 5.74) is 1.18. The van der Waals surface area contributed by atoms with Crippen LogP contribution in [0.4, 0.5) is 5.69 Å². The number of hydrogen-bond donors (Lipinski definition) is 1. The number of carbonyl (C=O) groups is 2. The highest BCUT2D eigenvalue weighted by molar-refractivity contribution is 6.52. The molecule has 1 saturated heterocycles. The van der Waals surface area contributed by atoms with Gasteiger partial charge >= 0.3 is 0 Å². The summed E-state index contributed by atoms with van der Waals surface area (Å²) in [6.45, 7) is 3.83. The molecule has 180 valence electrons. The number of hydrogen-bond acceptors (Lipinski definition) is 5. The summed E-state index contributed by atoms with van der Waals surface area (Å²) in [5, 5.41) is 11.8. The number of halogens is 2. The number of aliphatic hydroxyl groups excluding tert-OH is 1. The number of para-hydroxylation sites is 1. The number of methoxy groups -OCH3 is 1. The van der Waals surface area contributed by atoms with Gasteiger partial charge in [-0.2, -0.15) is 0 Å². The first-order valence-electron chi connectivity index (χ1n) is 10.9. The van der Waals surface area contributed by atoms with Crippen LogP contribution < -0.4 is 14.4 Å². The van der Waals surface area contributed by atoms with E-state index in [1.165, 1.54) is 30.2 Å².